The minimum absolute atomic E-state index is 0. The van der Waals surface area contributed by atoms with Crippen molar-refractivity contribution in [1.29, 1.82) is 5.26 Å². The zero-order valence-corrected chi connectivity index (χ0v) is 13.1. The maximum Gasteiger partial charge on any atom is 0.244 e. The number of benzene rings is 1. The Hall–Kier alpha value is -1.13. The highest BCUT2D eigenvalue weighted by atomic mass is 35.5. The van der Waals surface area contributed by atoms with Gasteiger partial charge in [0.15, 0.2) is 0 Å². The van der Waals surface area contributed by atoms with Crippen LogP contribution in [0.1, 0.15) is 18.1 Å². The summed E-state index contributed by atoms with van der Waals surface area (Å²) in [4.78, 5) is 0.115. The fourth-order valence-electron chi connectivity index (χ4n) is 2.25. The monoisotopic (exact) mass is 315 g/mol. The van der Waals surface area contributed by atoms with Gasteiger partial charge in [0, 0.05) is 25.7 Å². The fraction of sp³-hybridized carbons (Fsp3) is 0.462. The number of sulfonamides is 1. The molecule has 0 spiro atoms. The number of hydrogen-bond acceptors (Lipinski definition) is 4. The van der Waals surface area contributed by atoms with E-state index in [1.807, 2.05) is 13.0 Å². The molecule has 7 heteroatoms. The van der Waals surface area contributed by atoms with Crippen molar-refractivity contribution in [3.8, 4) is 6.07 Å². The molecular formula is C13H18ClN3O2S. The molecule has 0 aliphatic carbocycles. The highest BCUT2D eigenvalue weighted by molar-refractivity contribution is 7.89. The molecule has 1 heterocycles. The van der Waals surface area contributed by atoms with Crippen LogP contribution in [0.15, 0.2) is 23.1 Å². The third-order valence-electron chi connectivity index (χ3n) is 3.30. The van der Waals surface area contributed by atoms with Crippen LogP contribution in [0.3, 0.4) is 0 Å². The molecule has 1 fully saturated rings. The summed E-state index contributed by atoms with van der Waals surface area (Å²) < 4.78 is 26.7. The molecule has 110 valence electrons. The molecule has 1 atom stereocenters. The van der Waals surface area contributed by atoms with Crippen LogP contribution in [0.5, 0.6) is 0 Å². The molecule has 2 rings (SSSR count). The summed E-state index contributed by atoms with van der Waals surface area (Å²) in [5.74, 6) is 0. The van der Waals surface area contributed by atoms with Gasteiger partial charge >= 0.3 is 0 Å². The zero-order valence-electron chi connectivity index (χ0n) is 11.5. The van der Waals surface area contributed by atoms with Gasteiger partial charge in [-0.05, 0) is 25.5 Å². The Morgan fingerprint density at radius 1 is 1.45 bits per heavy atom. The van der Waals surface area contributed by atoms with Crippen LogP contribution < -0.4 is 5.32 Å². The lowest BCUT2D eigenvalue weighted by Crippen LogP contribution is -2.51. The van der Waals surface area contributed by atoms with Crippen LogP contribution >= 0.6 is 12.4 Å². The van der Waals surface area contributed by atoms with Crippen LogP contribution in [0.25, 0.3) is 0 Å². The summed E-state index contributed by atoms with van der Waals surface area (Å²) in [5.41, 5.74) is 0.931. The van der Waals surface area contributed by atoms with E-state index < -0.39 is 10.0 Å². The summed E-state index contributed by atoms with van der Waals surface area (Å²) in [7, 11) is -3.59. The van der Waals surface area contributed by atoms with E-state index in [1.54, 1.807) is 19.1 Å². The molecule has 5 nitrogen and oxygen atoms in total. The van der Waals surface area contributed by atoms with Crippen LogP contribution in [-0.2, 0) is 10.0 Å². The van der Waals surface area contributed by atoms with E-state index in [0.29, 0.717) is 25.2 Å². The van der Waals surface area contributed by atoms with Gasteiger partial charge in [0.2, 0.25) is 10.0 Å². The van der Waals surface area contributed by atoms with Gasteiger partial charge in [-0.1, -0.05) is 12.1 Å². The molecular weight excluding hydrogens is 298 g/mol. The van der Waals surface area contributed by atoms with Crippen molar-refractivity contribution in [3.05, 3.63) is 29.3 Å². The smallest absolute Gasteiger partial charge is 0.244 e. The molecule has 1 N–H and O–H groups in total. The number of hydrogen-bond donors (Lipinski definition) is 1. The van der Waals surface area contributed by atoms with E-state index in [2.05, 4.69) is 5.32 Å². The van der Waals surface area contributed by atoms with Crippen molar-refractivity contribution in [3.63, 3.8) is 0 Å². The highest BCUT2D eigenvalue weighted by Crippen LogP contribution is 2.23. The SMILES string of the molecule is Cc1cccc(S(=O)(=O)N2CCNC(C)C2)c1C#N.Cl. The van der Waals surface area contributed by atoms with Gasteiger partial charge in [0.1, 0.15) is 11.0 Å². The zero-order chi connectivity index (χ0) is 14.0. The number of nitriles is 1. The Labute approximate surface area is 126 Å². The topological polar surface area (TPSA) is 73.2 Å². The number of rotatable bonds is 2. The molecule has 1 aromatic rings. The van der Waals surface area contributed by atoms with Crippen molar-refractivity contribution in [2.75, 3.05) is 19.6 Å². The summed E-state index contributed by atoms with van der Waals surface area (Å²) in [5, 5.41) is 12.4. The van der Waals surface area contributed by atoms with Crippen molar-refractivity contribution in [2.45, 2.75) is 24.8 Å². The van der Waals surface area contributed by atoms with Crippen LogP contribution in [0, 0.1) is 18.3 Å². The average molecular weight is 316 g/mol. The largest absolute Gasteiger partial charge is 0.312 e. The van der Waals surface area contributed by atoms with Gasteiger partial charge in [0.05, 0.1) is 5.56 Å². The molecule has 0 saturated carbocycles. The summed E-state index contributed by atoms with van der Waals surface area (Å²) in [6, 6.07) is 7.05. The van der Waals surface area contributed by atoms with Gasteiger partial charge in [-0.15, -0.1) is 12.4 Å². The van der Waals surface area contributed by atoms with Crippen molar-refractivity contribution in [2.24, 2.45) is 0 Å². The lowest BCUT2D eigenvalue weighted by Gasteiger charge is -2.31. The van der Waals surface area contributed by atoms with E-state index in [0.717, 1.165) is 0 Å². The first-order chi connectivity index (χ1) is 8.96. The first-order valence-electron chi connectivity index (χ1n) is 6.20. The maximum atomic E-state index is 12.6. The van der Waals surface area contributed by atoms with E-state index >= 15 is 0 Å². The minimum atomic E-state index is -3.59. The second-order valence-corrected chi connectivity index (χ2v) is 6.68. The van der Waals surface area contributed by atoms with Crippen molar-refractivity contribution >= 4 is 22.4 Å². The first-order valence-corrected chi connectivity index (χ1v) is 7.64. The molecule has 0 amide bonds. The van der Waals surface area contributed by atoms with Crippen LogP contribution in [0.2, 0.25) is 0 Å². The van der Waals surface area contributed by atoms with Gasteiger partial charge in [-0.25, -0.2) is 8.42 Å². The minimum Gasteiger partial charge on any atom is -0.312 e. The molecule has 1 aliphatic heterocycles. The van der Waals surface area contributed by atoms with Crippen LogP contribution in [-0.4, -0.2) is 38.4 Å². The predicted octanol–water partition coefficient (Wildman–Crippen LogP) is 1.27. The third kappa shape index (κ3) is 3.13. The molecule has 0 radical (unpaired) electrons. The standard InChI is InChI=1S/C13H17N3O2S.ClH/c1-10-4-3-5-13(12(10)8-14)19(17,18)16-7-6-15-11(2)9-16;/h3-5,11,15H,6-7,9H2,1-2H3;1H. The Morgan fingerprint density at radius 2 is 2.15 bits per heavy atom. The Bertz CT molecular complexity index is 625. The Balaban J connectivity index is 0.00000200. The number of aryl methyl sites for hydroxylation is 1. The lowest BCUT2D eigenvalue weighted by atomic mass is 10.1. The summed E-state index contributed by atoms with van der Waals surface area (Å²) in [6.45, 7) is 5.20. The van der Waals surface area contributed by atoms with E-state index in [9.17, 15) is 8.42 Å². The highest BCUT2D eigenvalue weighted by Gasteiger charge is 2.30. The third-order valence-corrected chi connectivity index (χ3v) is 5.20. The normalized spacial score (nSPS) is 19.9. The van der Waals surface area contributed by atoms with E-state index in [-0.39, 0.29) is 28.9 Å². The Morgan fingerprint density at radius 3 is 2.75 bits per heavy atom. The van der Waals surface area contributed by atoms with Crippen LogP contribution in [0.4, 0.5) is 0 Å². The van der Waals surface area contributed by atoms with E-state index in [1.165, 1.54) is 10.4 Å². The molecule has 0 aromatic heterocycles. The average Bonchev–Trinajstić information content (AvgIpc) is 2.38. The maximum absolute atomic E-state index is 12.6. The molecule has 1 aliphatic rings. The summed E-state index contributed by atoms with van der Waals surface area (Å²) >= 11 is 0. The number of nitrogens with zero attached hydrogens (tertiary/aromatic N) is 2. The second-order valence-electron chi connectivity index (χ2n) is 4.78. The van der Waals surface area contributed by atoms with Gasteiger partial charge in [-0.2, -0.15) is 9.57 Å². The molecule has 1 unspecified atom stereocenters. The number of nitrogens with one attached hydrogen (secondary N) is 1. The predicted molar refractivity (Wildman–Crippen MR) is 79.4 cm³/mol. The molecule has 20 heavy (non-hydrogen) atoms. The molecule has 0 bridgehead atoms. The summed E-state index contributed by atoms with van der Waals surface area (Å²) in [6.07, 6.45) is 0. The van der Waals surface area contributed by atoms with Gasteiger partial charge < -0.3 is 5.32 Å². The molecule has 1 aromatic carbocycles. The van der Waals surface area contributed by atoms with Gasteiger partial charge in [-0.3, -0.25) is 0 Å². The Kier molecular flexibility index (Phi) is 5.54. The van der Waals surface area contributed by atoms with Gasteiger partial charge in [0.25, 0.3) is 0 Å². The lowest BCUT2D eigenvalue weighted by molar-refractivity contribution is 0.310. The van der Waals surface area contributed by atoms with E-state index in [4.69, 9.17) is 5.26 Å². The number of piperazine rings is 1. The number of halogens is 1. The fourth-order valence-corrected chi connectivity index (χ4v) is 4.00. The first kappa shape index (κ1) is 16.9. The second kappa shape index (κ2) is 6.55. The van der Waals surface area contributed by atoms with Crippen molar-refractivity contribution in [1.82, 2.24) is 9.62 Å². The molecule has 1 saturated heterocycles. The quantitative estimate of drug-likeness (QED) is 0.892. The van der Waals surface area contributed by atoms with Crippen molar-refractivity contribution < 1.29 is 8.42 Å².